The molecule has 0 radical (unpaired) electrons. The third-order valence-corrected chi connectivity index (χ3v) is 5.86. The lowest BCUT2D eigenvalue weighted by molar-refractivity contribution is -0.138. The summed E-state index contributed by atoms with van der Waals surface area (Å²) in [5, 5.41) is 2.63. The van der Waals surface area contributed by atoms with E-state index in [0.717, 1.165) is 5.56 Å². The molecular formula is C24H27F3N4O3. The van der Waals surface area contributed by atoms with Crippen LogP contribution in [0.3, 0.4) is 0 Å². The van der Waals surface area contributed by atoms with Crippen LogP contribution in [0.25, 0.3) is 0 Å². The molecule has 0 bridgehead atoms. The van der Waals surface area contributed by atoms with Crippen LogP contribution in [0.5, 0.6) is 0 Å². The van der Waals surface area contributed by atoms with Gasteiger partial charge >= 0.3 is 0 Å². The number of benzene rings is 2. The Morgan fingerprint density at radius 3 is 2.38 bits per heavy atom. The van der Waals surface area contributed by atoms with E-state index in [1.807, 2.05) is 18.2 Å². The van der Waals surface area contributed by atoms with Gasteiger partial charge in [-0.15, -0.1) is 0 Å². The first-order chi connectivity index (χ1) is 16.2. The van der Waals surface area contributed by atoms with Crippen molar-refractivity contribution in [3.05, 3.63) is 71.0 Å². The van der Waals surface area contributed by atoms with E-state index in [4.69, 9.17) is 11.5 Å². The first-order valence-corrected chi connectivity index (χ1v) is 11.0. The Bertz CT molecular complexity index is 1050. The number of carbonyl (C=O) groups excluding carboxylic acids is 3. The van der Waals surface area contributed by atoms with Crippen molar-refractivity contribution in [1.29, 1.82) is 0 Å². The Balaban J connectivity index is 1.77. The number of amides is 3. The molecule has 1 aliphatic rings. The summed E-state index contributed by atoms with van der Waals surface area (Å²) in [5.41, 5.74) is 12.0. The van der Waals surface area contributed by atoms with Gasteiger partial charge in [0.1, 0.15) is 11.9 Å². The summed E-state index contributed by atoms with van der Waals surface area (Å²) < 4.78 is 41.3. The molecule has 3 rings (SSSR count). The highest BCUT2D eigenvalue weighted by Gasteiger charge is 2.34. The Hall–Kier alpha value is -3.40. The zero-order valence-corrected chi connectivity index (χ0v) is 18.5. The van der Waals surface area contributed by atoms with Gasteiger partial charge in [0.2, 0.25) is 17.7 Å². The lowest BCUT2D eigenvalue weighted by Crippen LogP contribution is -2.50. The molecule has 3 atom stereocenters. The summed E-state index contributed by atoms with van der Waals surface area (Å²) >= 11 is 0. The Morgan fingerprint density at radius 2 is 1.71 bits per heavy atom. The molecule has 34 heavy (non-hydrogen) atoms. The number of nitrogens with one attached hydrogen (secondary N) is 1. The zero-order valence-electron chi connectivity index (χ0n) is 18.5. The van der Waals surface area contributed by atoms with Gasteiger partial charge in [0.15, 0.2) is 11.6 Å². The van der Waals surface area contributed by atoms with Gasteiger partial charge in [0.05, 0.1) is 6.04 Å². The van der Waals surface area contributed by atoms with Gasteiger partial charge < -0.3 is 21.7 Å². The minimum Gasteiger partial charge on any atom is -0.368 e. The highest BCUT2D eigenvalue weighted by Crippen LogP contribution is 2.21. The van der Waals surface area contributed by atoms with E-state index in [0.29, 0.717) is 31.5 Å². The van der Waals surface area contributed by atoms with Crippen LogP contribution in [0.2, 0.25) is 0 Å². The van der Waals surface area contributed by atoms with Crippen LogP contribution >= 0.6 is 0 Å². The van der Waals surface area contributed by atoms with Crippen molar-refractivity contribution in [2.75, 3.05) is 6.54 Å². The number of hydrogen-bond donors (Lipinski definition) is 3. The van der Waals surface area contributed by atoms with Crippen molar-refractivity contribution >= 4 is 17.7 Å². The minimum atomic E-state index is -1.34. The fraction of sp³-hybridized carbons (Fsp3) is 0.375. The van der Waals surface area contributed by atoms with Gasteiger partial charge in [-0.2, -0.15) is 0 Å². The zero-order chi connectivity index (χ0) is 24.8. The first-order valence-electron chi connectivity index (χ1n) is 11.0. The smallest absolute Gasteiger partial charge is 0.240 e. The van der Waals surface area contributed by atoms with Crippen molar-refractivity contribution in [1.82, 2.24) is 10.2 Å². The Labute approximate surface area is 195 Å². The van der Waals surface area contributed by atoms with Crippen molar-refractivity contribution in [2.45, 2.75) is 50.2 Å². The largest absolute Gasteiger partial charge is 0.368 e. The molecule has 0 aromatic heterocycles. The van der Waals surface area contributed by atoms with E-state index in [1.165, 1.54) is 4.90 Å². The van der Waals surface area contributed by atoms with Crippen LogP contribution < -0.4 is 16.8 Å². The molecule has 0 spiro atoms. The van der Waals surface area contributed by atoms with E-state index < -0.39 is 53.3 Å². The summed E-state index contributed by atoms with van der Waals surface area (Å²) in [4.78, 5) is 38.7. The molecule has 2 aromatic rings. The molecule has 7 nitrogen and oxygen atoms in total. The molecule has 10 heteroatoms. The van der Waals surface area contributed by atoms with Crippen molar-refractivity contribution in [3.63, 3.8) is 0 Å². The van der Waals surface area contributed by atoms with E-state index >= 15 is 0 Å². The molecule has 1 aliphatic heterocycles. The van der Waals surface area contributed by atoms with E-state index in [2.05, 4.69) is 5.32 Å². The van der Waals surface area contributed by atoms with Crippen molar-refractivity contribution in [3.8, 4) is 0 Å². The average Bonchev–Trinajstić information content (AvgIpc) is 3.28. The number of rotatable bonds is 9. The second-order valence-corrected chi connectivity index (χ2v) is 8.42. The SMILES string of the molecule is NC(=O)C1CCCN1C(=O)C[C@@H](Cc1cc(F)c(F)cc1F)NC(=O)C(N)Cc1ccccc1. The fourth-order valence-electron chi connectivity index (χ4n) is 4.12. The number of primary amides is 1. The number of nitrogens with zero attached hydrogens (tertiary/aromatic N) is 1. The maximum absolute atomic E-state index is 14.3. The predicted octanol–water partition coefficient (Wildman–Crippen LogP) is 1.57. The molecule has 0 aliphatic carbocycles. The molecule has 2 aromatic carbocycles. The molecule has 0 saturated carbocycles. The number of carbonyl (C=O) groups is 3. The van der Waals surface area contributed by atoms with Crippen LogP contribution in [0, 0.1) is 17.5 Å². The van der Waals surface area contributed by atoms with Crippen LogP contribution in [0.15, 0.2) is 42.5 Å². The standard InChI is InChI=1S/C24H27F3N4O3/c25-17-13-19(27)18(26)11-15(17)10-16(12-22(32)31-8-4-7-21(31)23(29)33)30-24(34)20(28)9-14-5-2-1-3-6-14/h1-3,5-6,11,13,16,20-21H,4,7-10,12,28H2,(H2,29,33)(H,30,34)/t16-,20?,21?/m1/s1. The Morgan fingerprint density at radius 1 is 1.03 bits per heavy atom. The van der Waals surface area contributed by atoms with Crippen molar-refractivity contribution in [2.24, 2.45) is 11.5 Å². The number of hydrogen-bond acceptors (Lipinski definition) is 4. The normalized spacial score (nSPS) is 17.3. The number of nitrogens with two attached hydrogens (primary N) is 2. The van der Waals surface area contributed by atoms with Gasteiger partial charge in [-0.3, -0.25) is 14.4 Å². The molecular weight excluding hydrogens is 449 g/mol. The lowest BCUT2D eigenvalue weighted by atomic mass is 10.00. The predicted molar refractivity (Wildman–Crippen MR) is 119 cm³/mol. The molecule has 3 amide bonds. The first kappa shape index (κ1) is 25.2. The van der Waals surface area contributed by atoms with E-state index in [1.54, 1.807) is 12.1 Å². The maximum atomic E-state index is 14.3. The van der Waals surface area contributed by atoms with Crippen molar-refractivity contribution < 1.29 is 27.6 Å². The highest BCUT2D eigenvalue weighted by atomic mass is 19.2. The fourth-order valence-corrected chi connectivity index (χ4v) is 4.12. The second kappa shape index (κ2) is 11.1. The van der Waals surface area contributed by atoms with Gasteiger partial charge in [-0.1, -0.05) is 30.3 Å². The van der Waals surface area contributed by atoms with Gasteiger partial charge in [0, 0.05) is 25.1 Å². The highest BCUT2D eigenvalue weighted by molar-refractivity contribution is 5.88. The quantitative estimate of drug-likeness (QED) is 0.476. The summed E-state index contributed by atoms with van der Waals surface area (Å²) in [6.07, 6.45) is 0.663. The minimum absolute atomic E-state index is 0.207. The van der Waals surface area contributed by atoms with Gasteiger partial charge in [-0.25, -0.2) is 13.2 Å². The monoisotopic (exact) mass is 476 g/mol. The van der Waals surface area contributed by atoms with Crippen LogP contribution in [0.1, 0.15) is 30.4 Å². The molecule has 1 heterocycles. The lowest BCUT2D eigenvalue weighted by Gasteiger charge is -2.26. The summed E-state index contributed by atoms with van der Waals surface area (Å²) in [5.74, 6) is -5.28. The number of halogens is 3. The number of likely N-dealkylation sites (tertiary alicyclic amines) is 1. The van der Waals surface area contributed by atoms with E-state index in [-0.39, 0.29) is 24.8 Å². The molecule has 1 fully saturated rings. The Kier molecular flexibility index (Phi) is 8.27. The third kappa shape index (κ3) is 6.34. The van der Waals surface area contributed by atoms with Gasteiger partial charge in [-0.05, 0) is 42.9 Å². The van der Waals surface area contributed by atoms with Crippen LogP contribution in [-0.4, -0.2) is 47.3 Å². The van der Waals surface area contributed by atoms with Crippen LogP contribution in [-0.2, 0) is 27.2 Å². The topological polar surface area (TPSA) is 119 Å². The molecule has 5 N–H and O–H groups in total. The molecule has 182 valence electrons. The molecule has 2 unspecified atom stereocenters. The van der Waals surface area contributed by atoms with E-state index in [9.17, 15) is 27.6 Å². The summed E-state index contributed by atoms with van der Waals surface area (Å²) in [7, 11) is 0. The summed E-state index contributed by atoms with van der Waals surface area (Å²) in [6.45, 7) is 0.320. The van der Waals surface area contributed by atoms with Crippen LogP contribution in [0.4, 0.5) is 13.2 Å². The average molecular weight is 476 g/mol. The maximum Gasteiger partial charge on any atom is 0.240 e. The second-order valence-electron chi connectivity index (χ2n) is 8.42. The third-order valence-electron chi connectivity index (χ3n) is 5.86. The van der Waals surface area contributed by atoms with Gasteiger partial charge in [0.25, 0.3) is 0 Å². The summed E-state index contributed by atoms with van der Waals surface area (Å²) in [6, 6.07) is 7.46. The molecule has 1 saturated heterocycles.